The van der Waals surface area contributed by atoms with Gasteiger partial charge in [-0.05, 0) is 24.3 Å². The molecule has 3 N–H and O–H groups in total. The molecule has 0 bridgehead atoms. The van der Waals surface area contributed by atoms with E-state index in [0.717, 1.165) is 0 Å². The minimum atomic E-state index is -0.579. The number of pyridine rings is 1. The first-order valence-corrected chi connectivity index (χ1v) is 5.53. The summed E-state index contributed by atoms with van der Waals surface area (Å²) in [6.45, 7) is 0. The predicted octanol–water partition coefficient (Wildman–Crippen LogP) is 2.12. The maximum Gasteiger partial charge on any atom is 0.172 e. The van der Waals surface area contributed by atoms with Crippen molar-refractivity contribution < 1.29 is 9.50 Å². The fraction of sp³-hybridized carbons (Fsp3) is 0. The van der Waals surface area contributed by atoms with Gasteiger partial charge in [-0.15, -0.1) is 10.2 Å². The van der Waals surface area contributed by atoms with E-state index in [0.29, 0.717) is 10.9 Å². The van der Waals surface area contributed by atoms with Crippen LogP contribution in [0.5, 0.6) is 5.75 Å². The lowest BCUT2D eigenvalue weighted by atomic mass is 10.1. The molecule has 0 aliphatic heterocycles. The van der Waals surface area contributed by atoms with Gasteiger partial charge in [0, 0.05) is 11.6 Å². The number of phenols is 1. The molecule has 3 rings (SSSR count). The number of aromatic nitrogens is 3. The van der Waals surface area contributed by atoms with Gasteiger partial charge in [-0.1, -0.05) is 6.07 Å². The Labute approximate surface area is 107 Å². The molecule has 0 radical (unpaired) electrons. The molecule has 19 heavy (non-hydrogen) atoms. The number of phenolic OH excluding ortho intramolecular Hbond substituents is 1. The number of fused-ring (bicyclic) bond motifs is 1. The molecule has 1 aromatic carbocycles. The van der Waals surface area contributed by atoms with E-state index in [-0.39, 0.29) is 22.8 Å². The zero-order valence-corrected chi connectivity index (χ0v) is 9.71. The minimum Gasteiger partial charge on any atom is -0.507 e. The third-order valence-corrected chi connectivity index (χ3v) is 2.79. The molecular weight excluding hydrogens is 247 g/mol. The maximum absolute atomic E-state index is 13.9. The van der Waals surface area contributed by atoms with E-state index < -0.39 is 5.82 Å². The van der Waals surface area contributed by atoms with E-state index >= 15 is 0 Å². The van der Waals surface area contributed by atoms with Crippen LogP contribution in [-0.2, 0) is 0 Å². The molecule has 0 aliphatic rings. The van der Waals surface area contributed by atoms with Crippen LogP contribution in [0.15, 0.2) is 36.5 Å². The Bertz CT molecular complexity index is 755. The molecule has 0 saturated heterocycles. The topological polar surface area (TPSA) is 84.9 Å². The van der Waals surface area contributed by atoms with Crippen LogP contribution in [0.2, 0.25) is 0 Å². The van der Waals surface area contributed by atoms with Gasteiger partial charge in [-0.2, -0.15) is 0 Å². The van der Waals surface area contributed by atoms with Crippen molar-refractivity contribution in [1.82, 2.24) is 15.2 Å². The Balaban J connectivity index is 2.41. The van der Waals surface area contributed by atoms with E-state index in [1.165, 1.54) is 18.2 Å². The van der Waals surface area contributed by atoms with Gasteiger partial charge in [0.15, 0.2) is 5.82 Å². The van der Waals surface area contributed by atoms with Crippen LogP contribution in [0, 0.1) is 5.82 Å². The monoisotopic (exact) mass is 256 g/mol. The molecule has 3 aromatic rings. The zero-order chi connectivity index (χ0) is 13.4. The van der Waals surface area contributed by atoms with Crippen LogP contribution in [0.1, 0.15) is 0 Å². The molecule has 0 fully saturated rings. The van der Waals surface area contributed by atoms with Gasteiger partial charge in [0.05, 0.1) is 5.56 Å². The summed E-state index contributed by atoms with van der Waals surface area (Å²) in [7, 11) is 0. The molecular formula is C13H9FN4O. The summed E-state index contributed by atoms with van der Waals surface area (Å²) in [4.78, 5) is 4.09. The largest absolute Gasteiger partial charge is 0.507 e. The molecule has 0 spiro atoms. The Morgan fingerprint density at radius 1 is 1.11 bits per heavy atom. The minimum absolute atomic E-state index is 0.00648. The SMILES string of the molecule is Nc1nnc(-c2c(O)cccc2F)c2cccnc12. The lowest BCUT2D eigenvalue weighted by Crippen LogP contribution is -2.00. The Morgan fingerprint density at radius 3 is 2.74 bits per heavy atom. The molecule has 94 valence electrons. The number of aromatic hydroxyl groups is 1. The first kappa shape index (κ1) is 11.3. The first-order chi connectivity index (χ1) is 9.18. The Kier molecular flexibility index (Phi) is 2.49. The molecule has 0 aliphatic carbocycles. The number of hydrogen-bond acceptors (Lipinski definition) is 5. The standard InChI is InChI=1S/C13H9FN4O/c14-8-4-1-5-9(19)10(8)11-7-3-2-6-16-12(7)13(15)18-17-11/h1-6,19H,(H2,15,18). The van der Waals surface area contributed by atoms with Gasteiger partial charge in [0.1, 0.15) is 22.8 Å². The number of anilines is 1. The highest BCUT2D eigenvalue weighted by molar-refractivity contribution is 5.97. The van der Waals surface area contributed by atoms with Gasteiger partial charge in [0.2, 0.25) is 0 Å². The average Bonchev–Trinajstić information content (AvgIpc) is 2.41. The normalized spacial score (nSPS) is 10.8. The van der Waals surface area contributed by atoms with Gasteiger partial charge in [-0.3, -0.25) is 4.98 Å². The van der Waals surface area contributed by atoms with E-state index in [9.17, 15) is 9.50 Å². The number of benzene rings is 1. The van der Waals surface area contributed by atoms with Crippen molar-refractivity contribution in [2.45, 2.75) is 0 Å². The third-order valence-electron chi connectivity index (χ3n) is 2.79. The molecule has 0 amide bonds. The summed E-state index contributed by atoms with van der Waals surface area (Å²) < 4.78 is 13.9. The van der Waals surface area contributed by atoms with Gasteiger partial charge < -0.3 is 10.8 Å². The summed E-state index contributed by atoms with van der Waals surface area (Å²) >= 11 is 0. The van der Waals surface area contributed by atoms with Crippen molar-refractivity contribution in [3.05, 3.63) is 42.3 Å². The zero-order valence-electron chi connectivity index (χ0n) is 9.71. The summed E-state index contributed by atoms with van der Waals surface area (Å²) in [5, 5.41) is 18.0. The van der Waals surface area contributed by atoms with Crippen molar-refractivity contribution in [2.24, 2.45) is 0 Å². The second kappa shape index (κ2) is 4.16. The summed E-state index contributed by atoms with van der Waals surface area (Å²) in [5.41, 5.74) is 6.32. The van der Waals surface area contributed by atoms with Crippen molar-refractivity contribution in [3.63, 3.8) is 0 Å². The van der Waals surface area contributed by atoms with Crippen LogP contribution in [0.25, 0.3) is 22.2 Å². The lowest BCUT2D eigenvalue weighted by molar-refractivity contribution is 0.471. The van der Waals surface area contributed by atoms with Crippen molar-refractivity contribution in [3.8, 4) is 17.0 Å². The first-order valence-electron chi connectivity index (χ1n) is 5.53. The second-order valence-electron chi connectivity index (χ2n) is 3.97. The highest BCUT2D eigenvalue weighted by Gasteiger charge is 2.17. The van der Waals surface area contributed by atoms with Crippen LogP contribution in [0.3, 0.4) is 0 Å². The van der Waals surface area contributed by atoms with Crippen LogP contribution in [-0.4, -0.2) is 20.3 Å². The lowest BCUT2D eigenvalue weighted by Gasteiger charge is -2.08. The summed E-state index contributed by atoms with van der Waals surface area (Å²) in [6.07, 6.45) is 1.56. The fourth-order valence-electron chi connectivity index (χ4n) is 1.94. The molecule has 5 nitrogen and oxygen atoms in total. The van der Waals surface area contributed by atoms with Gasteiger partial charge in [-0.25, -0.2) is 4.39 Å². The Morgan fingerprint density at radius 2 is 1.95 bits per heavy atom. The average molecular weight is 256 g/mol. The highest BCUT2D eigenvalue weighted by Crippen LogP contribution is 2.34. The smallest absolute Gasteiger partial charge is 0.172 e. The molecule has 6 heteroatoms. The van der Waals surface area contributed by atoms with Crippen molar-refractivity contribution >= 4 is 16.7 Å². The van der Waals surface area contributed by atoms with Crippen LogP contribution < -0.4 is 5.73 Å². The summed E-state index contributed by atoms with van der Waals surface area (Å²) in [6, 6.07) is 7.44. The predicted molar refractivity (Wildman–Crippen MR) is 68.8 cm³/mol. The fourth-order valence-corrected chi connectivity index (χ4v) is 1.94. The van der Waals surface area contributed by atoms with E-state index in [2.05, 4.69) is 15.2 Å². The molecule has 0 saturated carbocycles. The number of nitrogens with zero attached hydrogens (tertiary/aromatic N) is 3. The van der Waals surface area contributed by atoms with Crippen LogP contribution >= 0.6 is 0 Å². The molecule has 0 atom stereocenters. The number of halogens is 1. The number of rotatable bonds is 1. The second-order valence-corrected chi connectivity index (χ2v) is 3.97. The molecule has 2 aromatic heterocycles. The van der Waals surface area contributed by atoms with Crippen molar-refractivity contribution in [1.29, 1.82) is 0 Å². The number of nitrogens with two attached hydrogens (primary N) is 1. The van der Waals surface area contributed by atoms with Crippen LogP contribution in [0.4, 0.5) is 10.2 Å². The number of nitrogen functional groups attached to an aromatic ring is 1. The Hall–Kier alpha value is -2.76. The molecule has 2 heterocycles. The van der Waals surface area contributed by atoms with E-state index in [1.807, 2.05) is 0 Å². The van der Waals surface area contributed by atoms with E-state index in [1.54, 1.807) is 18.3 Å². The van der Waals surface area contributed by atoms with Crippen molar-refractivity contribution in [2.75, 3.05) is 5.73 Å². The summed E-state index contributed by atoms with van der Waals surface area (Å²) in [5.74, 6) is -0.622. The maximum atomic E-state index is 13.9. The third kappa shape index (κ3) is 1.74. The van der Waals surface area contributed by atoms with E-state index in [4.69, 9.17) is 5.73 Å². The quantitative estimate of drug-likeness (QED) is 0.696. The highest BCUT2D eigenvalue weighted by atomic mass is 19.1. The van der Waals surface area contributed by atoms with Gasteiger partial charge in [0.25, 0.3) is 0 Å². The molecule has 0 unspecified atom stereocenters. The van der Waals surface area contributed by atoms with Gasteiger partial charge >= 0.3 is 0 Å². The number of hydrogen-bond donors (Lipinski definition) is 2.